The maximum absolute atomic E-state index is 13.4. The van der Waals surface area contributed by atoms with Gasteiger partial charge in [0.1, 0.15) is 5.82 Å². The summed E-state index contributed by atoms with van der Waals surface area (Å²) in [6.07, 6.45) is 2.67. The van der Waals surface area contributed by atoms with Crippen molar-refractivity contribution in [2.24, 2.45) is 4.99 Å². The second kappa shape index (κ2) is 9.28. The predicted molar refractivity (Wildman–Crippen MR) is 108 cm³/mol. The highest BCUT2D eigenvalue weighted by Gasteiger charge is 2.34. The van der Waals surface area contributed by atoms with Gasteiger partial charge in [0.05, 0.1) is 10.7 Å². The number of ether oxygens (including phenoxy) is 1. The van der Waals surface area contributed by atoms with E-state index in [0.717, 1.165) is 54.6 Å². The fraction of sp³-hybridized carbons (Fsp3) is 0.500. The molecule has 2 heterocycles. The summed E-state index contributed by atoms with van der Waals surface area (Å²) >= 11 is 1.67. The minimum absolute atomic E-state index is 0.0738. The van der Waals surface area contributed by atoms with Crippen molar-refractivity contribution in [3.8, 4) is 0 Å². The summed E-state index contributed by atoms with van der Waals surface area (Å²) in [4.78, 5) is 8.82. The number of hydrogen-bond donors (Lipinski definition) is 2. The SMILES string of the molecule is CN=C(NCCc1csc(C)n1)NCC1(c2ccc(F)cc2)CCOCC1. The van der Waals surface area contributed by atoms with Crippen LogP contribution in [0.25, 0.3) is 0 Å². The molecule has 0 spiro atoms. The maximum atomic E-state index is 13.4. The van der Waals surface area contributed by atoms with Gasteiger partial charge in [-0.1, -0.05) is 12.1 Å². The number of nitrogens with zero attached hydrogens (tertiary/aromatic N) is 2. The topological polar surface area (TPSA) is 58.5 Å². The first-order chi connectivity index (χ1) is 13.1. The summed E-state index contributed by atoms with van der Waals surface area (Å²) in [5.74, 6) is 0.568. The van der Waals surface area contributed by atoms with Crippen molar-refractivity contribution >= 4 is 17.3 Å². The van der Waals surface area contributed by atoms with E-state index in [2.05, 4.69) is 26.0 Å². The zero-order valence-corrected chi connectivity index (χ0v) is 16.7. The molecule has 7 heteroatoms. The number of guanidine groups is 1. The van der Waals surface area contributed by atoms with Crippen LogP contribution in [0.2, 0.25) is 0 Å². The third-order valence-corrected chi connectivity index (χ3v) is 5.89. The third kappa shape index (κ3) is 5.26. The number of benzene rings is 1. The molecular weight excluding hydrogens is 363 g/mol. The van der Waals surface area contributed by atoms with Crippen molar-refractivity contribution in [1.82, 2.24) is 15.6 Å². The molecule has 0 radical (unpaired) electrons. The Morgan fingerprint density at radius 1 is 1.26 bits per heavy atom. The average molecular weight is 391 g/mol. The quantitative estimate of drug-likeness (QED) is 0.588. The smallest absolute Gasteiger partial charge is 0.191 e. The molecule has 2 aromatic rings. The Bertz CT molecular complexity index is 754. The van der Waals surface area contributed by atoms with Gasteiger partial charge in [0.15, 0.2) is 5.96 Å². The van der Waals surface area contributed by atoms with Crippen LogP contribution in [0.3, 0.4) is 0 Å². The number of aliphatic imine (C=N–C) groups is 1. The number of halogens is 1. The van der Waals surface area contributed by atoms with Crippen LogP contribution in [0.5, 0.6) is 0 Å². The van der Waals surface area contributed by atoms with Gasteiger partial charge in [-0.05, 0) is 37.5 Å². The second-order valence-corrected chi connectivity index (χ2v) is 7.92. The van der Waals surface area contributed by atoms with Gasteiger partial charge in [-0.15, -0.1) is 11.3 Å². The van der Waals surface area contributed by atoms with E-state index in [-0.39, 0.29) is 11.2 Å². The molecule has 3 rings (SSSR count). The molecule has 1 aliphatic rings. The van der Waals surface area contributed by atoms with Crippen molar-refractivity contribution in [1.29, 1.82) is 0 Å². The summed E-state index contributed by atoms with van der Waals surface area (Å²) in [5.41, 5.74) is 2.18. The van der Waals surface area contributed by atoms with E-state index in [0.29, 0.717) is 13.2 Å². The molecule has 0 unspecified atom stereocenters. The molecule has 0 aliphatic carbocycles. The van der Waals surface area contributed by atoms with Crippen LogP contribution in [0.4, 0.5) is 4.39 Å². The van der Waals surface area contributed by atoms with E-state index in [9.17, 15) is 4.39 Å². The van der Waals surface area contributed by atoms with Gasteiger partial charge in [0.25, 0.3) is 0 Å². The van der Waals surface area contributed by atoms with Gasteiger partial charge in [0, 0.05) is 50.6 Å². The van der Waals surface area contributed by atoms with Crippen LogP contribution in [0.15, 0.2) is 34.6 Å². The van der Waals surface area contributed by atoms with Crippen LogP contribution < -0.4 is 10.6 Å². The summed E-state index contributed by atoms with van der Waals surface area (Å²) in [7, 11) is 1.77. The molecule has 146 valence electrons. The van der Waals surface area contributed by atoms with Crippen LogP contribution in [0, 0.1) is 12.7 Å². The lowest BCUT2D eigenvalue weighted by Crippen LogP contribution is -2.48. The van der Waals surface area contributed by atoms with Gasteiger partial charge in [-0.3, -0.25) is 4.99 Å². The molecule has 1 aliphatic heterocycles. The molecule has 0 saturated carbocycles. The predicted octanol–water partition coefficient (Wildman–Crippen LogP) is 3.05. The number of nitrogens with one attached hydrogen (secondary N) is 2. The fourth-order valence-electron chi connectivity index (χ4n) is 3.44. The molecular formula is C20H27FN4OS. The number of rotatable bonds is 6. The molecule has 0 bridgehead atoms. The third-order valence-electron chi connectivity index (χ3n) is 5.06. The van der Waals surface area contributed by atoms with Crippen molar-refractivity contribution in [3.63, 3.8) is 0 Å². The molecule has 0 atom stereocenters. The van der Waals surface area contributed by atoms with Crippen molar-refractivity contribution in [3.05, 3.63) is 51.7 Å². The first kappa shape index (κ1) is 19.8. The molecule has 5 nitrogen and oxygen atoms in total. The molecule has 0 amide bonds. The lowest BCUT2D eigenvalue weighted by molar-refractivity contribution is 0.0513. The van der Waals surface area contributed by atoms with Crippen LogP contribution in [0.1, 0.15) is 29.1 Å². The second-order valence-electron chi connectivity index (χ2n) is 6.86. The number of thiazole rings is 1. The fourth-order valence-corrected chi connectivity index (χ4v) is 4.09. The van der Waals surface area contributed by atoms with Crippen LogP contribution in [-0.2, 0) is 16.6 Å². The van der Waals surface area contributed by atoms with E-state index >= 15 is 0 Å². The van der Waals surface area contributed by atoms with E-state index in [1.54, 1.807) is 18.4 Å². The average Bonchev–Trinajstić information content (AvgIpc) is 3.11. The normalized spacial score (nSPS) is 16.9. The maximum Gasteiger partial charge on any atom is 0.191 e. The first-order valence-electron chi connectivity index (χ1n) is 9.31. The van der Waals surface area contributed by atoms with E-state index in [1.165, 1.54) is 12.1 Å². The Kier molecular flexibility index (Phi) is 6.79. The van der Waals surface area contributed by atoms with Crippen molar-refractivity contribution < 1.29 is 9.13 Å². The number of hydrogen-bond acceptors (Lipinski definition) is 4. The summed E-state index contributed by atoms with van der Waals surface area (Å²) in [6.45, 7) is 4.96. The minimum atomic E-state index is -0.205. The number of aromatic nitrogens is 1. The lowest BCUT2D eigenvalue weighted by atomic mass is 9.74. The van der Waals surface area contributed by atoms with Gasteiger partial charge < -0.3 is 15.4 Å². The molecule has 1 aromatic carbocycles. The molecule has 1 aromatic heterocycles. The largest absolute Gasteiger partial charge is 0.381 e. The van der Waals surface area contributed by atoms with E-state index in [1.807, 2.05) is 19.1 Å². The van der Waals surface area contributed by atoms with E-state index < -0.39 is 0 Å². The standard InChI is InChI=1S/C20H27FN4OS/c1-15-25-18(13-27-15)7-10-23-19(22-2)24-14-20(8-11-26-12-9-20)16-3-5-17(21)6-4-16/h3-6,13H,7-12,14H2,1-2H3,(H2,22,23,24). The molecule has 2 N–H and O–H groups in total. The van der Waals surface area contributed by atoms with Gasteiger partial charge >= 0.3 is 0 Å². The lowest BCUT2D eigenvalue weighted by Gasteiger charge is -2.38. The van der Waals surface area contributed by atoms with Crippen molar-refractivity contribution in [2.75, 3.05) is 33.4 Å². The Hall–Kier alpha value is -1.99. The zero-order chi connectivity index (χ0) is 19.1. The minimum Gasteiger partial charge on any atom is -0.381 e. The first-order valence-corrected chi connectivity index (χ1v) is 10.2. The van der Waals surface area contributed by atoms with E-state index in [4.69, 9.17) is 4.74 Å². The Labute approximate surface area is 164 Å². The van der Waals surface area contributed by atoms with Gasteiger partial charge in [0.2, 0.25) is 0 Å². The Morgan fingerprint density at radius 3 is 2.63 bits per heavy atom. The monoisotopic (exact) mass is 390 g/mol. The highest BCUT2D eigenvalue weighted by atomic mass is 32.1. The van der Waals surface area contributed by atoms with Gasteiger partial charge in [-0.2, -0.15) is 0 Å². The summed E-state index contributed by atoms with van der Waals surface area (Å²) in [5, 5.41) is 10.0. The molecule has 27 heavy (non-hydrogen) atoms. The summed E-state index contributed by atoms with van der Waals surface area (Å²) in [6, 6.07) is 6.86. The zero-order valence-electron chi connectivity index (χ0n) is 15.9. The van der Waals surface area contributed by atoms with Crippen molar-refractivity contribution in [2.45, 2.75) is 31.6 Å². The Morgan fingerprint density at radius 2 is 2.00 bits per heavy atom. The highest BCUT2D eigenvalue weighted by molar-refractivity contribution is 7.09. The molecule has 1 fully saturated rings. The summed E-state index contributed by atoms with van der Waals surface area (Å²) < 4.78 is 18.9. The molecule has 1 saturated heterocycles. The number of aryl methyl sites for hydroxylation is 1. The Balaban J connectivity index is 1.59. The highest BCUT2D eigenvalue weighted by Crippen LogP contribution is 2.34. The van der Waals surface area contributed by atoms with Gasteiger partial charge in [-0.25, -0.2) is 9.37 Å². The van der Waals surface area contributed by atoms with Crippen LogP contribution >= 0.6 is 11.3 Å². The van der Waals surface area contributed by atoms with Crippen LogP contribution in [-0.4, -0.2) is 44.3 Å².